The Balaban J connectivity index is 1.79. The number of nitrogens with zero attached hydrogens (tertiary/aromatic N) is 2. The van der Waals surface area contributed by atoms with Gasteiger partial charge in [0.05, 0.1) is 18.5 Å². The van der Waals surface area contributed by atoms with E-state index < -0.39 is 11.9 Å². The van der Waals surface area contributed by atoms with Crippen molar-refractivity contribution in [2.75, 3.05) is 6.61 Å². The van der Waals surface area contributed by atoms with Gasteiger partial charge in [-0.15, -0.1) is 0 Å². The van der Waals surface area contributed by atoms with Crippen molar-refractivity contribution >= 4 is 0 Å². The van der Waals surface area contributed by atoms with E-state index in [0.717, 1.165) is 12.2 Å². The molecule has 0 spiro atoms. The third-order valence-electron chi connectivity index (χ3n) is 3.61. The molecule has 0 aliphatic rings. The van der Waals surface area contributed by atoms with Crippen molar-refractivity contribution in [3.63, 3.8) is 0 Å². The zero-order valence-corrected chi connectivity index (χ0v) is 13.4. The van der Waals surface area contributed by atoms with Crippen LogP contribution in [0.1, 0.15) is 45.4 Å². The van der Waals surface area contributed by atoms with E-state index in [0.29, 0.717) is 17.9 Å². The van der Waals surface area contributed by atoms with Crippen molar-refractivity contribution in [2.24, 2.45) is 0 Å². The summed E-state index contributed by atoms with van der Waals surface area (Å²) < 4.78 is 31.5. The standard InChI is InChI=1S/C18H22F2N2O/c1-2-3-4-5-6-7-12-23-15-10-8-14(9-11-15)16-13-21-17(19)18(20)22-16/h8-11,13H,2-7,12H2,1H3. The van der Waals surface area contributed by atoms with Crippen LogP contribution in [0.5, 0.6) is 5.75 Å². The van der Waals surface area contributed by atoms with Gasteiger partial charge in [-0.25, -0.2) is 9.97 Å². The van der Waals surface area contributed by atoms with E-state index in [4.69, 9.17) is 4.74 Å². The summed E-state index contributed by atoms with van der Waals surface area (Å²) in [5, 5.41) is 0. The quantitative estimate of drug-likeness (QED) is 0.599. The van der Waals surface area contributed by atoms with Crippen LogP contribution < -0.4 is 4.74 Å². The molecule has 0 fully saturated rings. The molecule has 124 valence electrons. The highest BCUT2D eigenvalue weighted by molar-refractivity contribution is 5.58. The smallest absolute Gasteiger partial charge is 0.269 e. The lowest BCUT2D eigenvalue weighted by molar-refractivity contribution is 0.304. The van der Waals surface area contributed by atoms with Gasteiger partial charge in [0.2, 0.25) is 0 Å². The van der Waals surface area contributed by atoms with E-state index in [1.807, 2.05) is 0 Å². The zero-order valence-electron chi connectivity index (χ0n) is 13.4. The Labute approximate surface area is 135 Å². The minimum Gasteiger partial charge on any atom is -0.494 e. The number of ether oxygens (including phenoxy) is 1. The average molecular weight is 320 g/mol. The maximum Gasteiger partial charge on any atom is 0.269 e. The molecular weight excluding hydrogens is 298 g/mol. The van der Waals surface area contributed by atoms with Gasteiger partial charge in [-0.1, -0.05) is 39.0 Å². The maximum absolute atomic E-state index is 13.1. The Kier molecular flexibility index (Phi) is 6.91. The first-order valence-electron chi connectivity index (χ1n) is 8.12. The molecule has 0 saturated heterocycles. The van der Waals surface area contributed by atoms with E-state index in [1.165, 1.54) is 38.3 Å². The fourth-order valence-electron chi connectivity index (χ4n) is 2.29. The highest BCUT2D eigenvalue weighted by Gasteiger charge is 2.07. The molecule has 0 aliphatic heterocycles. The van der Waals surface area contributed by atoms with Crippen LogP contribution in [0.3, 0.4) is 0 Å². The second kappa shape index (κ2) is 9.18. The second-order valence-electron chi connectivity index (χ2n) is 5.48. The number of benzene rings is 1. The number of aromatic nitrogens is 2. The predicted octanol–water partition coefficient (Wildman–Crippen LogP) is 5.16. The molecule has 0 radical (unpaired) electrons. The highest BCUT2D eigenvalue weighted by atomic mass is 19.2. The summed E-state index contributed by atoms with van der Waals surface area (Å²) in [5.74, 6) is -1.61. The molecule has 0 amide bonds. The van der Waals surface area contributed by atoms with E-state index in [-0.39, 0.29) is 0 Å². The summed E-state index contributed by atoms with van der Waals surface area (Å²) in [6.07, 6.45) is 8.54. The van der Waals surface area contributed by atoms with Gasteiger partial charge in [0, 0.05) is 5.56 Å². The number of rotatable bonds is 9. The molecule has 2 rings (SSSR count). The summed E-state index contributed by atoms with van der Waals surface area (Å²) >= 11 is 0. The summed E-state index contributed by atoms with van der Waals surface area (Å²) in [7, 11) is 0. The molecule has 3 nitrogen and oxygen atoms in total. The molecule has 0 unspecified atom stereocenters. The molecular formula is C18H22F2N2O. The van der Waals surface area contributed by atoms with Crippen LogP contribution in [-0.4, -0.2) is 16.6 Å². The first-order valence-corrected chi connectivity index (χ1v) is 8.12. The molecule has 0 atom stereocenters. The first-order chi connectivity index (χ1) is 11.2. The molecule has 1 heterocycles. The Hall–Kier alpha value is -2.04. The van der Waals surface area contributed by atoms with Crippen LogP contribution in [0, 0.1) is 11.9 Å². The monoisotopic (exact) mass is 320 g/mol. The Bertz CT molecular complexity index is 602. The fraction of sp³-hybridized carbons (Fsp3) is 0.444. The predicted molar refractivity (Wildman–Crippen MR) is 86.3 cm³/mol. The summed E-state index contributed by atoms with van der Waals surface area (Å²) in [4.78, 5) is 6.87. The van der Waals surface area contributed by atoms with Crippen LogP contribution in [0.25, 0.3) is 11.3 Å². The third-order valence-corrected chi connectivity index (χ3v) is 3.61. The largest absolute Gasteiger partial charge is 0.494 e. The molecule has 0 bridgehead atoms. The van der Waals surface area contributed by atoms with Crippen LogP contribution in [-0.2, 0) is 0 Å². The van der Waals surface area contributed by atoms with E-state index in [1.54, 1.807) is 24.3 Å². The zero-order chi connectivity index (χ0) is 16.5. The van der Waals surface area contributed by atoms with Gasteiger partial charge in [-0.3, -0.25) is 0 Å². The van der Waals surface area contributed by atoms with Crippen LogP contribution >= 0.6 is 0 Å². The Morgan fingerprint density at radius 1 is 0.913 bits per heavy atom. The SMILES string of the molecule is CCCCCCCCOc1ccc(-c2cnc(F)c(F)n2)cc1. The third kappa shape index (κ3) is 5.58. The molecule has 1 aromatic carbocycles. The van der Waals surface area contributed by atoms with Gasteiger partial charge in [0.1, 0.15) is 5.75 Å². The summed E-state index contributed by atoms with van der Waals surface area (Å²) in [6.45, 7) is 2.90. The van der Waals surface area contributed by atoms with Gasteiger partial charge in [0.15, 0.2) is 0 Å². The van der Waals surface area contributed by atoms with Crippen molar-refractivity contribution in [3.05, 3.63) is 42.4 Å². The van der Waals surface area contributed by atoms with Gasteiger partial charge in [0.25, 0.3) is 11.9 Å². The maximum atomic E-state index is 13.1. The Morgan fingerprint density at radius 2 is 1.61 bits per heavy atom. The number of hydrogen-bond acceptors (Lipinski definition) is 3. The summed E-state index contributed by atoms with van der Waals surface area (Å²) in [5.41, 5.74) is 0.967. The lowest BCUT2D eigenvalue weighted by atomic mass is 10.1. The van der Waals surface area contributed by atoms with Crippen LogP contribution in [0.15, 0.2) is 30.5 Å². The van der Waals surface area contributed by atoms with Crippen LogP contribution in [0.2, 0.25) is 0 Å². The fourth-order valence-corrected chi connectivity index (χ4v) is 2.29. The van der Waals surface area contributed by atoms with Crippen molar-refractivity contribution in [3.8, 4) is 17.0 Å². The van der Waals surface area contributed by atoms with Crippen molar-refractivity contribution in [2.45, 2.75) is 45.4 Å². The lowest BCUT2D eigenvalue weighted by Gasteiger charge is -2.07. The average Bonchev–Trinajstić information content (AvgIpc) is 2.57. The number of halogens is 2. The topological polar surface area (TPSA) is 35.0 Å². The van der Waals surface area contributed by atoms with Crippen molar-refractivity contribution in [1.29, 1.82) is 0 Å². The minimum absolute atomic E-state index is 0.298. The molecule has 2 aromatic rings. The normalized spacial score (nSPS) is 10.7. The lowest BCUT2D eigenvalue weighted by Crippen LogP contribution is -1.98. The molecule has 5 heteroatoms. The molecule has 23 heavy (non-hydrogen) atoms. The van der Waals surface area contributed by atoms with Gasteiger partial charge < -0.3 is 4.74 Å². The molecule has 0 aliphatic carbocycles. The Morgan fingerprint density at radius 3 is 2.30 bits per heavy atom. The van der Waals surface area contributed by atoms with E-state index in [2.05, 4.69) is 16.9 Å². The number of hydrogen-bond donors (Lipinski definition) is 0. The van der Waals surface area contributed by atoms with Gasteiger partial charge in [-0.05, 0) is 30.7 Å². The highest BCUT2D eigenvalue weighted by Crippen LogP contribution is 2.21. The van der Waals surface area contributed by atoms with E-state index in [9.17, 15) is 8.78 Å². The van der Waals surface area contributed by atoms with Crippen LogP contribution in [0.4, 0.5) is 8.78 Å². The molecule has 0 N–H and O–H groups in total. The molecule has 0 saturated carbocycles. The van der Waals surface area contributed by atoms with Crippen molar-refractivity contribution < 1.29 is 13.5 Å². The van der Waals surface area contributed by atoms with E-state index >= 15 is 0 Å². The minimum atomic E-state index is -1.19. The number of unbranched alkanes of at least 4 members (excludes halogenated alkanes) is 5. The van der Waals surface area contributed by atoms with Crippen molar-refractivity contribution in [1.82, 2.24) is 9.97 Å². The summed E-state index contributed by atoms with van der Waals surface area (Å²) in [6, 6.07) is 7.13. The van der Waals surface area contributed by atoms with Gasteiger partial charge in [-0.2, -0.15) is 8.78 Å². The first kappa shape index (κ1) is 17.3. The second-order valence-corrected chi connectivity index (χ2v) is 5.48. The van der Waals surface area contributed by atoms with Gasteiger partial charge >= 0.3 is 0 Å². The molecule has 1 aromatic heterocycles.